The molecule has 1 aromatic rings. The number of anilines is 1. The topological polar surface area (TPSA) is 66.9 Å². The van der Waals surface area contributed by atoms with E-state index in [1.54, 1.807) is 6.07 Å². The van der Waals surface area contributed by atoms with Crippen LogP contribution in [0.4, 0.5) is 5.69 Å². The first-order valence-corrected chi connectivity index (χ1v) is 7.00. The van der Waals surface area contributed by atoms with Crippen molar-refractivity contribution < 1.29 is 4.21 Å². The van der Waals surface area contributed by atoms with Crippen molar-refractivity contribution in [2.45, 2.75) is 31.1 Å². The van der Waals surface area contributed by atoms with Crippen LogP contribution < -0.4 is 5.73 Å². The summed E-state index contributed by atoms with van der Waals surface area (Å²) in [4.78, 5) is 0.850. The summed E-state index contributed by atoms with van der Waals surface area (Å²) in [5.41, 5.74) is 7.36. The molecule has 17 heavy (non-hydrogen) atoms. The van der Waals surface area contributed by atoms with E-state index in [4.69, 9.17) is 11.0 Å². The van der Waals surface area contributed by atoms with E-state index in [0.717, 1.165) is 23.3 Å². The predicted octanol–water partition coefficient (Wildman–Crippen LogP) is 2.38. The molecule has 0 spiro atoms. The maximum Gasteiger partial charge on any atom is 0.0627 e. The average molecular weight is 248 g/mol. The smallest absolute Gasteiger partial charge is 0.0627 e. The average Bonchev–Trinajstić information content (AvgIpc) is 2.97. The van der Waals surface area contributed by atoms with Gasteiger partial charge < -0.3 is 5.73 Å². The van der Waals surface area contributed by atoms with Gasteiger partial charge in [0, 0.05) is 22.8 Å². The van der Waals surface area contributed by atoms with E-state index in [0.29, 0.717) is 17.9 Å². The Hall–Kier alpha value is -1.34. The molecule has 0 bridgehead atoms. The van der Waals surface area contributed by atoms with Crippen LogP contribution in [0.15, 0.2) is 23.1 Å². The first-order chi connectivity index (χ1) is 8.06. The van der Waals surface area contributed by atoms with Gasteiger partial charge in [0.05, 0.1) is 16.9 Å². The maximum absolute atomic E-state index is 12.3. The van der Waals surface area contributed by atoms with E-state index in [1.807, 2.05) is 19.1 Å². The molecule has 0 amide bonds. The molecule has 90 valence electrons. The normalized spacial score (nSPS) is 18.4. The number of nitrogens with two attached hydrogens (primary N) is 1. The zero-order valence-electron chi connectivity index (χ0n) is 9.90. The van der Waals surface area contributed by atoms with Gasteiger partial charge in [-0.05, 0) is 48.9 Å². The first kappa shape index (κ1) is 12.1. The number of benzene rings is 1. The largest absolute Gasteiger partial charge is 0.399 e. The van der Waals surface area contributed by atoms with Gasteiger partial charge in [-0.15, -0.1) is 0 Å². The van der Waals surface area contributed by atoms with E-state index < -0.39 is 10.8 Å². The molecule has 0 aromatic heterocycles. The monoisotopic (exact) mass is 248 g/mol. The molecule has 1 saturated carbocycles. The second-order valence-corrected chi connectivity index (χ2v) is 6.27. The van der Waals surface area contributed by atoms with Gasteiger partial charge in [-0.3, -0.25) is 4.21 Å². The van der Waals surface area contributed by atoms with Crippen molar-refractivity contribution >= 4 is 16.5 Å². The highest BCUT2D eigenvalue weighted by molar-refractivity contribution is 7.85. The Morgan fingerprint density at radius 1 is 1.53 bits per heavy atom. The highest BCUT2D eigenvalue weighted by Crippen LogP contribution is 2.49. The van der Waals surface area contributed by atoms with Gasteiger partial charge in [-0.25, -0.2) is 0 Å². The standard InChI is InChI=1S/C13H16N2OS/c1-10-8-11(15)2-3-12(10)17(16)9-13(4-5-13)6-7-14/h2-3,8H,4-6,9,15H2,1H3. The van der Waals surface area contributed by atoms with Crippen molar-refractivity contribution in [2.24, 2.45) is 5.41 Å². The Balaban J connectivity index is 2.13. The number of hydrogen-bond acceptors (Lipinski definition) is 3. The van der Waals surface area contributed by atoms with Crippen LogP contribution >= 0.6 is 0 Å². The van der Waals surface area contributed by atoms with Crippen LogP contribution in [0.3, 0.4) is 0 Å². The quantitative estimate of drug-likeness (QED) is 0.832. The van der Waals surface area contributed by atoms with E-state index in [2.05, 4.69) is 6.07 Å². The van der Waals surface area contributed by atoms with Gasteiger partial charge in [0.25, 0.3) is 0 Å². The summed E-state index contributed by atoms with van der Waals surface area (Å²) in [6.07, 6.45) is 2.58. The zero-order chi connectivity index (χ0) is 12.5. The molecule has 2 N–H and O–H groups in total. The second kappa shape index (κ2) is 4.50. The van der Waals surface area contributed by atoms with Crippen LogP contribution in [0.5, 0.6) is 0 Å². The number of nitrogens with zero attached hydrogens (tertiary/aromatic N) is 1. The fourth-order valence-electron chi connectivity index (χ4n) is 2.00. The molecule has 4 heteroatoms. The van der Waals surface area contributed by atoms with E-state index >= 15 is 0 Å². The summed E-state index contributed by atoms with van der Waals surface area (Å²) in [6.45, 7) is 1.92. The number of nitrogen functional groups attached to an aromatic ring is 1. The highest BCUT2D eigenvalue weighted by atomic mass is 32.2. The second-order valence-electron chi connectivity index (χ2n) is 4.85. The van der Waals surface area contributed by atoms with Crippen molar-refractivity contribution in [2.75, 3.05) is 11.5 Å². The molecular formula is C13H16N2OS. The summed E-state index contributed by atoms with van der Waals surface area (Å²) in [7, 11) is -1.02. The number of nitriles is 1. The van der Waals surface area contributed by atoms with E-state index in [1.165, 1.54) is 0 Å². The van der Waals surface area contributed by atoms with Crippen LogP contribution in [0, 0.1) is 23.7 Å². The SMILES string of the molecule is Cc1cc(N)ccc1S(=O)CC1(CC#N)CC1. The third-order valence-corrected chi connectivity index (χ3v) is 5.12. The highest BCUT2D eigenvalue weighted by Gasteiger charge is 2.44. The van der Waals surface area contributed by atoms with Crippen LogP contribution in [0.1, 0.15) is 24.8 Å². The lowest BCUT2D eigenvalue weighted by molar-refractivity contribution is 0.587. The molecule has 0 radical (unpaired) electrons. The first-order valence-electron chi connectivity index (χ1n) is 5.68. The summed E-state index contributed by atoms with van der Waals surface area (Å²) < 4.78 is 12.3. The van der Waals surface area contributed by atoms with Gasteiger partial charge in [-0.2, -0.15) is 5.26 Å². The van der Waals surface area contributed by atoms with Gasteiger partial charge in [0.1, 0.15) is 0 Å². The zero-order valence-corrected chi connectivity index (χ0v) is 10.7. The molecule has 1 aliphatic carbocycles. The molecule has 3 nitrogen and oxygen atoms in total. The van der Waals surface area contributed by atoms with E-state index in [-0.39, 0.29) is 5.41 Å². The van der Waals surface area contributed by atoms with Crippen LogP contribution in [0.2, 0.25) is 0 Å². The minimum absolute atomic E-state index is 0.0213. The molecule has 0 heterocycles. The molecule has 1 aliphatic rings. The minimum Gasteiger partial charge on any atom is -0.399 e. The molecule has 0 saturated heterocycles. The molecule has 1 unspecified atom stereocenters. The van der Waals surface area contributed by atoms with Crippen molar-refractivity contribution in [3.05, 3.63) is 23.8 Å². The van der Waals surface area contributed by atoms with Crippen molar-refractivity contribution in [3.63, 3.8) is 0 Å². The summed E-state index contributed by atoms with van der Waals surface area (Å²) in [5.74, 6) is 0.602. The lowest BCUT2D eigenvalue weighted by Crippen LogP contribution is -2.12. The Morgan fingerprint density at radius 3 is 2.76 bits per heavy atom. The van der Waals surface area contributed by atoms with Gasteiger partial charge in [-0.1, -0.05) is 0 Å². The Morgan fingerprint density at radius 2 is 2.24 bits per heavy atom. The molecule has 1 aromatic carbocycles. The summed E-state index contributed by atoms with van der Waals surface area (Å²) in [5, 5.41) is 8.75. The lowest BCUT2D eigenvalue weighted by Gasteiger charge is -2.12. The van der Waals surface area contributed by atoms with Crippen LogP contribution in [-0.4, -0.2) is 9.96 Å². The number of hydrogen-bond donors (Lipinski definition) is 1. The summed E-state index contributed by atoms with van der Waals surface area (Å²) >= 11 is 0. The van der Waals surface area contributed by atoms with Crippen LogP contribution in [0.25, 0.3) is 0 Å². The Labute approximate surface area is 104 Å². The Kier molecular flexibility index (Phi) is 3.21. The van der Waals surface area contributed by atoms with Crippen molar-refractivity contribution in [3.8, 4) is 6.07 Å². The number of rotatable bonds is 4. The summed E-state index contributed by atoms with van der Waals surface area (Å²) in [6, 6.07) is 7.66. The van der Waals surface area contributed by atoms with E-state index in [9.17, 15) is 4.21 Å². The molecule has 0 aliphatic heterocycles. The molecule has 1 fully saturated rings. The van der Waals surface area contributed by atoms with Crippen molar-refractivity contribution in [1.29, 1.82) is 5.26 Å². The third kappa shape index (κ3) is 2.67. The van der Waals surface area contributed by atoms with Gasteiger partial charge in [0.2, 0.25) is 0 Å². The molecule has 1 atom stereocenters. The number of aryl methyl sites for hydroxylation is 1. The lowest BCUT2D eigenvalue weighted by atomic mass is 10.1. The minimum atomic E-state index is -1.02. The maximum atomic E-state index is 12.3. The third-order valence-electron chi connectivity index (χ3n) is 3.29. The molecular weight excluding hydrogens is 232 g/mol. The van der Waals surface area contributed by atoms with Crippen LogP contribution in [-0.2, 0) is 10.8 Å². The fraction of sp³-hybridized carbons (Fsp3) is 0.462. The fourth-order valence-corrected chi connectivity index (χ4v) is 3.74. The molecule has 2 rings (SSSR count). The Bertz CT molecular complexity index is 501. The predicted molar refractivity (Wildman–Crippen MR) is 68.8 cm³/mol. The van der Waals surface area contributed by atoms with Crippen molar-refractivity contribution in [1.82, 2.24) is 0 Å². The van der Waals surface area contributed by atoms with Gasteiger partial charge >= 0.3 is 0 Å². The van der Waals surface area contributed by atoms with Gasteiger partial charge in [0.15, 0.2) is 0 Å².